The van der Waals surface area contributed by atoms with Gasteiger partial charge < -0.3 is 10.6 Å². The second-order valence-corrected chi connectivity index (χ2v) is 6.86. The van der Waals surface area contributed by atoms with Crippen molar-refractivity contribution in [1.29, 1.82) is 0 Å². The number of hydrogen-bond donors (Lipinski definition) is 2. The normalized spacial score (nSPS) is 22.3. The fourth-order valence-electron chi connectivity index (χ4n) is 2.78. The van der Waals surface area contributed by atoms with Crippen LogP contribution in [0.5, 0.6) is 0 Å². The monoisotopic (exact) mass is 240 g/mol. The number of rotatable bonds is 5. The average Bonchev–Trinajstić information content (AvgIpc) is 2.54. The van der Waals surface area contributed by atoms with Gasteiger partial charge in [0.25, 0.3) is 0 Å². The van der Waals surface area contributed by atoms with Crippen molar-refractivity contribution in [3.8, 4) is 0 Å². The molecule has 0 aromatic carbocycles. The molecule has 0 radical (unpaired) electrons. The first-order valence-electron chi connectivity index (χ1n) is 6.60. The molecule has 0 saturated heterocycles. The third-order valence-corrected chi connectivity index (χ3v) is 4.97. The van der Waals surface area contributed by atoms with E-state index < -0.39 is 5.54 Å². The van der Waals surface area contributed by atoms with Gasteiger partial charge in [0.2, 0.25) is 5.91 Å². The summed E-state index contributed by atoms with van der Waals surface area (Å²) in [6.07, 6.45) is 0. The van der Waals surface area contributed by atoms with Gasteiger partial charge in [-0.05, 0) is 37.1 Å². The molecule has 0 heterocycles. The highest BCUT2D eigenvalue weighted by atomic mass is 16.2. The van der Waals surface area contributed by atoms with Crippen LogP contribution in [-0.4, -0.2) is 24.5 Å². The van der Waals surface area contributed by atoms with Gasteiger partial charge in [0.1, 0.15) is 0 Å². The van der Waals surface area contributed by atoms with Crippen LogP contribution in [0.3, 0.4) is 0 Å². The molecule has 1 saturated carbocycles. The van der Waals surface area contributed by atoms with E-state index in [2.05, 4.69) is 38.3 Å². The van der Waals surface area contributed by atoms with Crippen molar-refractivity contribution in [2.24, 2.45) is 16.7 Å². The van der Waals surface area contributed by atoms with Crippen LogP contribution in [-0.2, 0) is 4.79 Å². The first-order chi connectivity index (χ1) is 7.57. The summed E-state index contributed by atoms with van der Waals surface area (Å²) < 4.78 is 0. The summed E-state index contributed by atoms with van der Waals surface area (Å²) in [7, 11) is 0. The Balaban J connectivity index is 2.46. The molecule has 3 heteroatoms. The van der Waals surface area contributed by atoms with Crippen LogP contribution in [0.15, 0.2) is 0 Å². The smallest absolute Gasteiger partial charge is 0.239 e. The summed E-state index contributed by atoms with van der Waals surface area (Å²) in [4.78, 5) is 12.0. The van der Waals surface area contributed by atoms with E-state index >= 15 is 0 Å². The van der Waals surface area contributed by atoms with Crippen LogP contribution in [0.1, 0.15) is 48.5 Å². The van der Waals surface area contributed by atoms with E-state index in [1.807, 2.05) is 20.8 Å². The summed E-state index contributed by atoms with van der Waals surface area (Å²) >= 11 is 0. The van der Waals surface area contributed by atoms with E-state index in [1.165, 1.54) is 0 Å². The maximum Gasteiger partial charge on any atom is 0.239 e. The molecule has 0 aliphatic heterocycles. The molecule has 0 bridgehead atoms. The van der Waals surface area contributed by atoms with Gasteiger partial charge in [-0.15, -0.1) is 0 Å². The fourth-order valence-corrected chi connectivity index (χ4v) is 2.78. The second-order valence-electron chi connectivity index (χ2n) is 6.86. The Bertz CT molecular complexity index is 291. The number of carbonyl (C=O) groups excluding carboxylic acids is 1. The molecule has 0 aromatic rings. The first kappa shape index (κ1) is 14.5. The van der Waals surface area contributed by atoms with Gasteiger partial charge in [-0.3, -0.25) is 4.79 Å². The van der Waals surface area contributed by atoms with Crippen molar-refractivity contribution in [2.45, 2.75) is 54.0 Å². The minimum absolute atomic E-state index is 0.0952. The van der Waals surface area contributed by atoms with Gasteiger partial charge in [0.05, 0.1) is 5.54 Å². The zero-order valence-corrected chi connectivity index (χ0v) is 12.4. The molecule has 2 N–H and O–H groups in total. The Morgan fingerprint density at radius 3 is 2.00 bits per heavy atom. The molecule has 0 atom stereocenters. The van der Waals surface area contributed by atoms with E-state index in [0.717, 1.165) is 13.1 Å². The standard InChI is InChI=1S/C14H28N2O/c1-8-16-14(6,7)11(17)15-9-10-12(2,3)13(10,4)5/h10,16H,8-9H2,1-7H3,(H,15,17). The molecule has 0 spiro atoms. The molecule has 100 valence electrons. The van der Waals surface area contributed by atoms with E-state index in [4.69, 9.17) is 0 Å². The van der Waals surface area contributed by atoms with E-state index in [0.29, 0.717) is 16.7 Å². The third-order valence-electron chi connectivity index (χ3n) is 4.97. The van der Waals surface area contributed by atoms with Crippen LogP contribution in [0.25, 0.3) is 0 Å². The van der Waals surface area contributed by atoms with E-state index in [1.54, 1.807) is 0 Å². The van der Waals surface area contributed by atoms with Crippen LogP contribution in [0.2, 0.25) is 0 Å². The molecule has 1 amide bonds. The van der Waals surface area contributed by atoms with Crippen molar-refractivity contribution >= 4 is 5.91 Å². The Labute approximate surface area is 106 Å². The zero-order valence-electron chi connectivity index (χ0n) is 12.4. The number of amides is 1. The zero-order chi connectivity index (χ0) is 13.5. The van der Waals surface area contributed by atoms with E-state index in [-0.39, 0.29) is 5.91 Å². The Morgan fingerprint density at radius 2 is 1.65 bits per heavy atom. The number of carbonyl (C=O) groups is 1. The molecule has 0 unspecified atom stereocenters. The second kappa shape index (κ2) is 4.27. The highest BCUT2D eigenvalue weighted by molar-refractivity contribution is 5.85. The van der Waals surface area contributed by atoms with E-state index in [9.17, 15) is 4.79 Å². The van der Waals surface area contributed by atoms with Gasteiger partial charge in [-0.2, -0.15) is 0 Å². The highest BCUT2D eigenvalue weighted by Crippen LogP contribution is 2.67. The predicted octanol–water partition coefficient (Wildman–Crippen LogP) is 2.17. The maximum atomic E-state index is 12.0. The molecule has 0 aromatic heterocycles. The third kappa shape index (κ3) is 2.49. The van der Waals surface area contributed by atoms with Crippen LogP contribution in [0, 0.1) is 16.7 Å². The lowest BCUT2D eigenvalue weighted by Gasteiger charge is -2.24. The molecule has 17 heavy (non-hydrogen) atoms. The minimum Gasteiger partial charge on any atom is -0.354 e. The highest BCUT2D eigenvalue weighted by Gasteiger charge is 2.64. The summed E-state index contributed by atoms with van der Waals surface area (Å²) in [6, 6.07) is 0. The summed E-state index contributed by atoms with van der Waals surface area (Å²) in [5.74, 6) is 0.675. The van der Waals surface area contributed by atoms with Gasteiger partial charge in [-0.1, -0.05) is 34.6 Å². The fraction of sp³-hybridized carbons (Fsp3) is 0.929. The van der Waals surface area contributed by atoms with Gasteiger partial charge in [0.15, 0.2) is 0 Å². The molecular formula is C14H28N2O. The van der Waals surface area contributed by atoms with Crippen molar-refractivity contribution in [3.63, 3.8) is 0 Å². The molecule has 1 aliphatic rings. The molecule has 3 nitrogen and oxygen atoms in total. The number of nitrogens with one attached hydrogen (secondary N) is 2. The predicted molar refractivity (Wildman–Crippen MR) is 71.8 cm³/mol. The topological polar surface area (TPSA) is 41.1 Å². The van der Waals surface area contributed by atoms with Crippen molar-refractivity contribution in [2.75, 3.05) is 13.1 Å². The lowest BCUT2D eigenvalue weighted by molar-refractivity contribution is -0.126. The van der Waals surface area contributed by atoms with Crippen molar-refractivity contribution < 1.29 is 4.79 Å². The van der Waals surface area contributed by atoms with Gasteiger partial charge in [0, 0.05) is 6.54 Å². The first-order valence-corrected chi connectivity index (χ1v) is 6.60. The number of hydrogen-bond acceptors (Lipinski definition) is 2. The van der Waals surface area contributed by atoms with Gasteiger partial charge in [-0.25, -0.2) is 0 Å². The Kier molecular flexibility index (Phi) is 3.64. The Hall–Kier alpha value is -0.570. The van der Waals surface area contributed by atoms with Gasteiger partial charge >= 0.3 is 0 Å². The molecule has 1 rings (SSSR count). The maximum absolute atomic E-state index is 12.0. The lowest BCUT2D eigenvalue weighted by Crippen LogP contribution is -2.53. The minimum atomic E-state index is -0.474. The largest absolute Gasteiger partial charge is 0.354 e. The van der Waals surface area contributed by atoms with Crippen molar-refractivity contribution in [3.05, 3.63) is 0 Å². The summed E-state index contributed by atoms with van der Waals surface area (Å²) in [6.45, 7) is 16.6. The molecule has 1 fully saturated rings. The van der Waals surface area contributed by atoms with Crippen molar-refractivity contribution in [1.82, 2.24) is 10.6 Å². The van der Waals surface area contributed by atoms with Crippen LogP contribution < -0.4 is 10.6 Å². The number of likely N-dealkylation sites (N-methyl/N-ethyl adjacent to an activating group) is 1. The quantitative estimate of drug-likeness (QED) is 0.773. The average molecular weight is 240 g/mol. The summed E-state index contributed by atoms with van der Waals surface area (Å²) in [5.41, 5.74) is 0.198. The molecular weight excluding hydrogens is 212 g/mol. The SMILES string of the molecule is CCNC(C)(C)C(=O)NCC1C(C)(C)C1(C)C. The Morgan fingerprint density at radius 1 is 1.18 bits per heavy atom. The summed E-state index contributed by atoms with van der Waals surface area (Å²) in [5, 5.41) is 6.27. The van der Waals surface area contributed by atoms with Crippen LogP contribution >= 0.6 is 0 Å². The van der Waals surface area contributed by atoms with Crippen LogP contribution in [0.4, 0.5) is 0 Å². The molecule has 1 aliphatic carbocycles. The lowest BCUT2D eigenvalue weighted by atomic mass is 10.0.